The van der Waals surface area contributed by atoms with Gasteiger partial charge >= 0.3 is 0 Å². The van der Waals surface area contributed by atoms with Gasteiger partial charge in [-0.15, -0.1) is 11.8 Å². The summed E-state index contributed by atoms with van der Waals surface area (Å²) in [7, 11) is 2.00. The van der Waals surface area contributed by atoms with Crippen LogP contribution in [0.5, 0.6) is 0 Å². The van der Waals surface area contributed by atoms with Gasteiger partial charge in [-0.1, -0.05) is 26.0 Å². The van der Waals surface area contributed by atoms with Crippen LogP contribution >= 0.6 is 11.8 Å². The summed E-state index contributed by atoms with van der Waals surface area (Å²) in [6.45, 7) is 8.41. The quantitative estimate of drug-likeness (QED) is 0.588. The van der Waals surface area contributed by atoms with E-state index in [2.05, 4.69) is 42.7 Å². The number of carbonyl (C=O) groups excluding carboxylic acids is 1. The molecule has 112 valence electrons. The van der Waals surface area contributed by atoms with Gasteiger partial charge in [0.05, 0.1) is 5.75 Å². The van der Waals surface area contributed by atoms with Gasteiger partial charge < -0.3 is 4.57 Å². The van der Waals surface area contributed by atoms with Crippen LogP contribution in [0.1, 0.15) is 47.1 Å². The molecule has 0 aliphatic heterocycles. The highest BCUT2D eigenvalue weighted by Gasteiger charge is 2.14. The monoisotopic (exact) mass is 301 g/mol. The van der Waals surface area contributed by atoms with Crippen LogP contribution in [-0.2, 0) is 7.05 Å². The highest BCUT2D eigenvalue weighted by molar-refractivity contribution is 8.00. The highest BCUT2D eigenvalue weighted by atomic mass is 32.2. The first-order valence-electron chi connectivity index (χ1n) is 7.29. The molecule has 2 nitrogen and oxygen atoms in total. The molecule has 0 N–H and O–H groups in total. The van der Waals surface area contributed by atoms with Gasteiger partial charge in [0.15, 0.2) is 5.78 Å². The van der Waals surface area contributed by atoms with Gasteiger partial charge in [0.2, 0.25) is 0 Å². The third kappa shape index (κ3) is 3.59. The normalized spacial score (nSPS) is 11.1. The Labute approximate surface area is 131 Å². The molecule has 1 aromatic heterocycles. The van der Waals surface area contributed by atoms with E-state index < -0.39 is 0 Å². The lowest BCUT2D eigenvalue weighted by Crippen LogP contribution is -2.04. The number of thioether (sulfide) groups is 1. The zero-order valence-corrected chi connectivity index (χ0v) is 14.3. The summed E-state index contributed by atoms with van der Waals surface area (Å²) in [5.41, 5.74) is 4.36. The molecule has 0 aliphatic rings. The highest BCUT2D eigenvalue weighted by Crippen LogP contribution is 2.23. The maximum absolute atomic E-state index is 12.3. The minimum absolute atomic E-state index is 0.203. The fourth-order valence-electron chi connectivity index (χ4n) is 2.31. The Morgan fingerprint density at radius 2 is 1.81 bits per heavy atom. The predicted octanol–water partition coefficient (Wildman–Crippen LogP) is 4.74. The number of nitrogens with zero attached hydrogens (tertiary/aromatic N) is 1. The summed E-state index contributed by atoms with van der Waals surface area (Å²) < 4.78 is 2.06. The van der Waals surface area contributed by atoms with Crippen molar-refractivity contribution in [2.45, 2.75) is 38.5 Å². The lowest BCUT2D eigenvalue weighted by Gasteiger charge is -2.06. The minimum atomic E-state index is 0.203. The summed E-state index contributed by atoms with van der Waals surface area (Å²) in [6, 6.07) is 10.5. The lowest BCUT2D eigenvalue weighted by atomic mass is 10.0. The van der Waals surface area contributed by atoms with Crippen LogP contribution in [0.25, 0.3) is 0 Å². The van der Waals surface area contributed by atoms with Gasteiger partial charge in [-0.05, 0) is 43.5 Å². The number of benzene rings is 1. The SMILES string of the molecule is Cc1cc(C(=O)CSc2ccc(C(C)C)cc2)c(C)n1C. The van der Waals surface area contributed by atoms with Crippen LogP contribution in [0.4, 0.5) is 0 Å². The van der Waals surface area contributed by atoms with Crippen LogP contribution in [-0.4, -0.2) is 16.1 Å². The second-order valence-electron chi connectivity index (χ2n) is 5.78. The number of ketones is 1. The second kappa shape index (κ2) is 6.52. The van der Waals surface area contributed by atoms with Crippen LogP contribution < -0.4 is 0 Å². The summed E-state index contributed by atoms with van der Waals surface area (Å²) in [4.78, 5) is 13.5. The van der Waals surface area contributed by atoms with Crippen molar-refractivity contribution in [3.8, 4) is 0 Å². The van der Waals surface area contributed by atoms with Crippen molar-refractivity contribution in [2.75, 3.05) is 5.75 Å². The number of Topliss-reactive ketones (excluding diaryl/α,β-unsaturated/α-hetero) is 1. The molecular formula is C18H23NOS. The molecule has 2 rings (SSSR count). The molecule has 0 radical (unpaired) electrons. The molecule has 3 heteroatoms. The molecule has 0 saturated carbocycles. The first-order chi connectivity index (χ1) is 9.90. The van der Waals surface area contributed by atoms with Gasteiger partial charge in [-0.3, -0.25) is 4.79 Å². The lowest BCUT2D eigenvalue weighted by molar-refractivity contribution is 0.102. The van der Waals surface area contributed by atoms with Crippen LogP contribution in [0.2, 0.25) is 0 Å². The maximum atomic E-state index is 12.3. The van der Waals surface area contributed by atoms with E-state index in [0.29, 0.717) is 11.7 Å². The number of hydrogen-bond acceptors (Lipinski definition) is 2. The molecule has 0 fully saturated rings. The Morgan fingerprint density at radius 1 is 1.19 bits per heavy atom. The van der Waals surface area contributed by atoms with E-state index in [-0.39, 0.29) is 5.78 Å². The molecule has 21 heavy (non-hydrogen) atoms. The van der Waals surface area contributed by atoms with Crippen molar-refractivity contribution < 1.29 is 4.79 Å². The number of rotatable bonds is 5. The molecule has 1 heterocycles. The Kier molecular flexibility index (Phi) is 4.94. The molecule has 0 unspecified atom stereocenters. The molecular weight excluding hydrogens is 278 g/mol. The molecule has 0 spiro atoms. The van der Waals surface area contributed by atoms with Gasteiger partial charge in [0, 0.05) is 28.9 Å². The van der Waals surface area contributed by atoms with Crippen molar-refractivity contribution in [3.05, 3.63) is 52.8 Å². The zero-order valence-electron chi connectivity index (χ0n) is 13.4. The summed E-state index contributed by atoms with van der Waals surface area (Å²) in [6.07, 6.45) is 0. The fourth-order valence-corrected chi connectivity index (χ4v) is 3.10. The van der Waals surface area contributed by atoms with Crippen molar-refractivity contribution in [1.29, 1.82) is 0 Å². The molecule has 0 amide bonds. The smallest absolute Gasteiger partial charge is 0.174 e. The summed E-state index contributed by atoms with van der Waals surface area (Å²) >= 11 is 1.61. The Bertz CT molecular complexity index is 638. The Hall–Kier alpha value is -1.48. The molecule has 2 aromatic rings. The van der Waals surface area contributed by atoms with Crippen molar-refractivity contribution in [2.24, 2.45) is 7.05 Å². The van der Waals surface area contributed by atoms with Crippen molar-refractivity contribution in [1.82, 2.24) is 4.57 Å². The summed E-state index contributed by atoms with van der Waals surface area (Å²) in [5, 5.41) is 0. The molecule has 0 aliphatic carbocycles. The first-order valence-corrected chi connectivity index (χ1v) is 8.27. The number of hydrogen-bond donors (Lipinski definition) is 0. The fraction of sp³-hybridized carbons (Fsp3) is 0.389. The van der Waals surface area contributed by atoms with E-state index in [4.69, 9.17) is 0 Å². The third-order valence-electron chi connectivity index (χ3n) is 3.99. The number of aromatic nitrogens is 1. The third-order valence-corrected chi connectivity index (χ3v) is 5.00. The van der Waals surface area contributed by atoms with E-state index in [0.717, 1.165) is 21.8 Å². The minimum Gasteiger partial charge on any atom is -0.351 e. The van der Waals surface area contributed by atoms with Crippen molar-refractivity contribution >= 4 is 17.5 Å². The second-order valence-corrected chi connectivity index (χ2v) is 6.83. The molecule has 0 atom stereocenters. The first kappa shape index (κ1) is 15.9. The van der Waals surface area contributed by atoms with Crippen LogP contribution in [0, 0.1) is 13.8 Å². The van der Waals surface area contributed by atoms with Crippen molar-refractivity contribution in [3.63, 3.8) is 0 Å². The average molecular weight is 301 g/mol. The number of aryl methyl sites for hydroxylation is 1. The van der Waals surface area contributed by atoms with Crippen LogP contribution in [0.3, 0.4) is 0 Å². The largest absolute Gasteiger partial charge is 0.351 e. The predicted molar refractivity (Wildman–Crippen MR) is 90.5 cm³/mol. The Morgan fingerprint density at radius 3 is 2.29 bits per heavy atom. The number of carbonyl (C=O) groups is 1. The van der Waals surface area contributed by atoms with E-state index >= 15 is 0 Å². The zero-order chi connectivity index (χ0) is 15.6. The standard InChI is InChI=1S/C18H23NOS/c1-12(2)15-6-8-16(9-7-15)21-11-18(20)17-10-13(3)19(5)14(17)4/h6-10,12H,11H2,1-5H3. The topological polar surface area (TPSA) is 22.0 Å². The molecule has 0 saturated heterocycles. The van der Waals surface area contributed by atoms with Gasteiger partial charge in [0.25, 0.3) is 0 Å². The molecule has 0 bridgehead atoms. The Balaban J connectivity index is 2.02. The molecule has 1 aromatic carbocycles. The average Bonchev–Trinajstić information content (AvgIpc) is 2.73. The van der Waals surface area contributed by atoms with E-state index in [9.17, 15) is 4.79 Å². The summed E-state index contributed by atoms with van der Waals surface area (Å²) in [5.74, 6) is 1.24. The van der Waals surface area contributed by atoms with E-state index in [1.807, 2.05) is 27.0 Å². The maximum Gasteiger partial charge on any atom is 0.174 e. The van der Waals surface area contributed by atoms with Gasteiger partial charge in [-0.2, -0.15) is 0 Å². The van der Waals surface area contributed by atoms with Crippen LogP contribution in [0.15, 0.2) is 35.2 Å². The van der Waals surface area contributed by atoms with Gasteiger partial charge in [-0.25, -0.2) is 0 Å². The van der Waals surface area contributed by atoms with E-state index in [1.54, 1.807) is 11.8 Å². The van der Waals surface area contributed by atoms with E-state index in [1.165, 1.54) is 5.56 Å². The van der Waals surface area contributed by atoms with Gasteiger partial charge in [0.1, 0.15) is 0 Å².